The molecule has 7 nitrogen and oxygen atoms in total. The Hall–Kier alpha value is -2.55. The van der Waals surface area contributed by atoms with E-state index in [0.29, 0.717) is 16.7 Å². The Bertz CT molecular complexity index is 1120. The van der Waals surface area contributed by atoms with Crippen molar-refractivity contribution in [3.05, 3.63) is 67.4 Å². The van der Waals surface area contributed by atoms with Crippen molar-refractivity contribution in [2.45, 2.75) is 53.2 Å². The van der Waals surface area contributed by atoms with Crippen LogP contribution in [0.3, 0.4) is 0 Å². The second-order valence-electron chi connectivity index (χ2n) is 7.75. The van der Waals surface area contributed by atoms with Gasteiger partial charge in [-0.15, -0.1) is 21.5 Å². The van der Waals surface area contributed by atoms with Gasteiger partial charge < -0.3 is 14.8 Å². The molecule has 1 unspecified atom stereocenters. The summed E-state index contributed by atoms with van der Waals surface area (Å²) >= 11 is 7.83. The number of benzene rings is 1. The number of ether oxygens (including phenoxy) is 1. The lowest BCUT2D eigenvalue weighted by Gasteiger charge is -2.15. The van der Waals surface area contributed by atoms with Crippen LogP contribution in [-0.4, -0.2) is 44.7 Å². The fraction of sp³-hybridized carbons (Fsp3) is 0.391. The number of aliphatic hydroxyl groups is 1. The van der Waals surface area contributed by atoms with E-state index in [1.807, 2.05) is 24.3 Å². The third-order valence-electron chi connectivity index (χ3n) is 4.98. The Kier molecular flexibility index (Phi) is 7.82. The average molecular weight is 475 g/mol. The number of esters is 1. The Morgan fingerprint density at radius 1 is 1.19 bits per heavy atom. The first-order valence-electron chi connectivity index (χ1n) is 10.3. The summed E-state index contributed by atoms with van der Waals surface area (Å²) in [6, 6.07) is 6.84. The molecule has 2 atom stereocenters. The molecule has 2 heterocycles. The van der Waals surface area contributed by atoms with Crippen LogP contribution in [0.15, 0.2) is 29.3 Å². The SMILES string of the molecule is Cc1nnc([C@@H](CC(=O)OCC(C)O)/N=C(/c2ccc(Cl)cc2)c2c(C)sc(C)c2C)[nH]1. The minimum Gasteiger partial charge on any atom is -0.463 e. The van der Waals surface area contributed by atoms with E-state index in [1.165, 1.54) is 4.88 Å². The van der Waals surface area contributed by atoms with Crippen LogP contribution in [0.25, 0.3) is 0 Å². The number of thiophene rings is 1. The Morgan fingerprint density at radius 3 is 2.41 bits per heavy atom. The van der Waals surface area contributed by atoms with Crippen molar-refractivity contribution in [1.82, 2.24) is 15.2 Å². The van der Waals surface area contributed by atoms with Crippen LogP contribution in [0.4, 0.5) is 0 Å². The number of hydrogen-bond acceptors (Lipinski definition) is 7. The van der Waals surface area contributed by atoms with Crippen molar-refractivity contribution in [2.24, 2.45) is 4.99 Å². The van der Waals surface area contributed by atoms with Crippen LogP contribution in [0.5, 0.6) is 0 Å². The van der Waals surface area contributed by atoms with E-state index in [4.69, 9.17) is 21.3 Å². The zero-order valence-corrected chi connectivity index (χ0v) is 20.3. The molecule has 0 bridgehead atoms. The maximum Gasteiger partial charge on any atom is 0.308 e. The van der Waals surface area contributed by atoms with Crippen molar-refractivity contribution in [3.8, 4) is 0 Å². The minimum absolute atomic E-state index is 0.0420. The van der Waals surface area contributed by atoms with Crippen molar-refractivity contribution in [1.29, 1.82) is 0 Å². The molecule has 3 rings (SSSR count). The summed E-state index contributed by atoms with van der Waals surface area (Å²) < 4.78 is 5.19. The van der Waals surface area contributed by atoms with Gasteiger partial charge in [0.05, 0.1) is 18.2 Å². The number of nitrogens with one attached hydrogen (secondary N) is 1. The van der Waals surface area contributed by atoms with Gasteiger partial charge in [-0.1, -0.05) is 23.7 Å². The second-order valence-corrected chi connectivity index (χ2v) is 9.61. The van der Waals surface area contributed by atoms with E-state index in [-0.39, 0.29) is 13.0 Å². The molecule has 0 fully saturated rings. The molecule has 0 spiro atoms. The van der Waals surface area contributed by atoms with Gasteiger partial charge in [0.25, 0.3) is 0 Å². The number of aromatic nitrogens is 3. The summed E-state index contributed by atoms with van der Waals surface area (Å²) in [6.45, 7) is 9.50. The lowest BCUT2D eigenvalue weighted by Crippen LogP contribution is -2.18. The lowest BCUT2D eigenvalue weighted by molar-refractivity contribution is -0.146. The van der Waals surface area contributed by atoms with Crippen LogP contribution in [0.2, 0.25) is 5.02 Å². The first-order valence-corrected chi connectivity index (χ1v) is 11.5. The van der Waals surface area contributed by atoms with Gasteiger partial charge in [0, 0.05) is 25.9 Å². The maximum absolute atomic E-state index is 12.5. The van der Waals surface area contributed by atoms with Crippen molar-refractivity contribution in [3.63, 3.8) is 0 Å². The second kappa shape index (κ2) is 10.4. The molecule has 0 amide bonds. The number of H-pyrrole nitrogens is 1. The Balaban J connectivity index is 2.11. The van der Waals surface area contributed by atoms with Gasteiger partial charge >= 0.3 is 5.97 Å². The van der Waals surface area contributed by atoms with Crippen molar-refractivity contribution >= 4 is 34.6 Å². The quantitative estimate of drug-likeness (QED) is 0.365. The lowest BCUT2D eigenvalue weighted by atomic mass is 9.98. The highest BCUT2D eigenvalue weighted by molar-refractivity contribution is 7.12. The van der Waals surface area contributed by atoms with Crippen LogP contribution in [-0.2, 0) is 9.53 Å². The maximum atomic E-state index is 12.5. The molecular weight excluding hydrogens is 448 g/mol. The molecule has 0 aliphatic carbocycles. The highest BCUT2D eigenvalue weighted by Gasteiger charge is 2.24. The molecule has 2 N–H and O–H groups in total. The van der Waals surface area contributed by atoms with Gasteiger partial charge in [-0.3, -0.25) is 9.79 Å². The summed E-state index contributed by atoms with van der Waals surface area (Å²) in [5.74, 6) is 0.633. The standard InChI is InChI=1S/C23H27ClN4O3S/c1-12(29)11-31-20(30)10-19(23-25-16(5)27-28-23)26-22(17-6-8-18(24)9-7-17)21-13(2)14(3)32-15(21)4/h6-9,12,19,29H,10-11H2,1-5H3,(H,25,27,28)/b26-22-/t12?,19-/m1/s1. The number of aryl methyl sites for hydroxylation is 3. The highest BCUT2D eigenvalue weighted by atomic mass is 35.5. The molecule has 0 aliphatic heterocycles. The number of aliphatic hydroxyl groups excluding tert-OH is 1. The normalized spacial score (nSPS) is 13.8. The topological polar surface area (TPSA) is 100 Å². The Morgan fingerprint density at radius 2 is 1.88 bits per heavy atom. The van der Waals surface area contributed by atoms with E-state index in [2.05, 4.69) is 36.0 Å². The average Bonchev–Trinajstić information content (AvgIpc) is 3.27. The molecule has 3 aromatic rings. The van der Waals surface area contributed by atoms with E-state index < -0.39 is 18.1 Å². The highest BCUT2D eigenvalue weighted by Crippen LogP contribution is 2.31. The number of carbonyl (C=O) groups is 1. The van der Waals surface area contributed by atoms with E-state index in [1.54, 1.807) is 25.2 Å². The third-order valence-corrected chi connectivity index (χ3v) is 6.35. The van der Waals surface area contributed by atoms with E-state index in [9.17, 15) is 9.90 Å². The number of halogens is 1. The molecule has 32 heavy (non-hydrogen) atoms. The molecule has 0 saturated carbocycles. The summed E-state index contributed by atoms with van der Waals surface area (Å²) in [5.41, 5.74) is 3.82. The zero-order chi connectivity index (χ0) is 23.4. The van der Waals surface area contributed by atoms with Crippen LogP contribution in [0, 0.1) is 27.7 Å². The number of aliphatic imine (C=N–C) groups is 1. The number of rotatable bonds is 8. The molecule has 0 aliphatic rings. The summed E-state index contributed by atoms with van der Waals surface area (Å²) in [4.78, 5) is 23.0. The zero-order valence-electron chi connectivity index (χ0n) is 18.8. The van der Waals surface area contributed by atoms with Gasteiger partial charge in [0.15, 0.2) is 5.82 Å². The Labute approximate surface area is 196 Å². The smallest absolute Gasteiger partial charge is 0.308 e. The van der Waals surface area contributed by atoms with Crippen LogP contribution >= 0.6 is 22.9 Å². The van der Waals surface area contributed by atoms with Gasteiger partial charge in [-0.25, -0.2) is 0 Å². The third kappa shape index (κ3) is 5.82. The molecule has 170 valence electrons. The number of nitrogens with zero attached hydrogens (tertiary/aromatic N) is 3. The van der Waals surface area contributed by atoms with Gasteiger partial charge in [0.2, 0.25) is 0 Å². The van der Waals surface area contributed by atoms with Crippen LogP contribution in [0.1, 0.15) is 57.5 Å². The fourth-order valence-electron chi connectivity index (χ4n) is 3.34. The summed E-state index contributed by atoms with van der Waals surface area (Å²) in [7, 11) is 0. The first kappa shape index (κ1) is 24.1. The van der Waals surface area contributed by atoms with E-state index in [0.717, 1.165) is 27.3 Å². The molecule has 1 aromatic carbocycles. The van der Waals surface area contributed by atoms with E-state index >= 15 is 0 Å². The predicted octanol–water partition coefficient (Wildman–Crippen LogP) is 4.65. The summed E-state index contributed by atoms with van der Waals surface area (Å²) in [6.07, 6.45) is -0.781. The summed E-state index contributed by atoms with van der Waals surface area (Å²) in [5, 5.41) is 18.3. The number of carbonyl (C=O) groups excluding carboxylic acids is 1. The minimum atomic E-state index is -0.739. The molecule has 0 saturated heterocycles. The molecule has 2 aromatic heterocycles. The fourth-order valence-corrected chi connectivity index (χ4v) is 4.53. The van der Waals surface area contributed by atoms with Gasteiger partial charge in [-0.05, 0) is 52.3 Å². The monoisotopic (exact) mass is 474 g/mol. The molecule has 9 heteroatoms. The van der Waals surface area contributed by atoms with Crippen LogP contribution < -0.4 is 0 Å². The van der Waals surface area contributed by atoms with Crippen molar-refractivity contribution < 1.29 is 14.6 Å². The number of aromatic amines is 1. The number of hydrogen-bond donors (Lipinski definition) is 2. The molecular formula is C23H27ClN4O3S. The van der Waals surface area contributed by atoms with Gasteiger partial charge in [0.1, 0.15) is 18.5 Å². The van der Waals surface area contributed by atoms with Gasteiger partial charge in [-0.2, -0.15) is 0 Å². The molecule has 0 radical (unpaired) electrons. The largest absolute Gasteiger partial charge is 0.463 e. The first-order chi connectivity index (χ1) is 15.2. The predicted molar refractivity (Wildman–Crippen MR) is 127 cm³/mol. The van der Waals surface area contributed by atoms with Crippen molar-refractivity contribution in [2.75, 3.05) is 6.61 Å².